The van der Waals surface area contributed by atoms with Crippen LogP contribution in [0.25, 0.3) is 0 Å². The van der Waals surface area contributed by atoms with Gasteiger partial charge in [0.15, 0.2) is 0 Å². The van der Waals surface area contributed by atoms with Gasteiger partial charge in [0.05, 0.1) is 18.8 Å². The first-order valence-electron chi connectivity index (χ1n) is 8.39. The number of carbonyl (C=O) groups is 3. The van der Waals surface area contributed by atoms with Gasteiger partial charge >= 0.3 is 6.09 Å². The maximum absolute atomic E-state index is 13.3. The second kappa shape index (κ2) is 6.81. The van der Waals surface area contributed by atoms with Gasteiger partial charge in [0.1, 0.15) is 17.6 Å². The van der Waals surface area contributed by atoms with E-state index in [4.69, 9.17) is 15.2 Å². The average Bonchev–Trinajstić information content (AvgIpc) is 2.98. The van der Waals surface area contributed by atoms with Gasteiger partial charge in [-0.15, -0.1) is 0 Å². The molecule has 1 aromatic rings. The fourth-order valence-electron chi connectivity index (χ4n) is 3.13. The molecule has 0 bridgehead atoms. The van der Waals surface area contributed by atoms with Crippen molar-refractivity contribution in [2.24, 2.45) is 5.73 Å². The van der Waals surface area contributed by atoms with Crippen LogP contribution in [0.4, 0.5) is 14.9 Å². The van der Waals surface area contributed by atoms with E-state index in [2.05, 4.69) is 5.32 Å². The quantitative estimate of drug-likeness (QED) is 0.784. The number of fused-ring (bicyclic) bond motifs is 1. The summed E-state index contributed by atoms with van der Waals surface area (Å²) in [5.74, 6) is -1.58. The van der Waals surface area contributed by atoms with Crippen molar-refractivity contribution in [2.45, 2.75) is 37.8 Å². The van der Waals surface area contributed by atoms with Crippen LogP contribution in [-0.4, -0.2) is 47.6 Å². The molecule has 0 saturated carbocycles. The summed E-state index contributed by atoms with van der Waals surface area (Å²) in [6.45, 7) is 1.97. The number of primary amides is 1. The van der Waals surface area contributed by atoms with Gasteiger partial charge < -0.3 is 20.5 Å². The number of amides is 3. The van der Waals surface area contributed by atoms with Crippen LogP contribution in [0.5, 0.6) is 5.75 Å². The van der Waals surface area contributed by atoms with E-state index in [0.29, 0.717) is 6.42 Å². The topological polar surface area (TPSA) is 111 Å². The fourth-order valence-corrected chi connectivity index (χ4v) is 3.13. The molecule has 8 nitrogen and oxygen atoms in total. The number of nitrogens with two attached hydrogens (primary N) is 1. The third kappa shape index (κ3) is 3.16. The molecule has 0 unspecified atom stereocenters. The van der Waals surface area contributed by atoms with Gasteiger partial charge in [-0.2, -0.15) is 0 Å². The van der Waals surface area contributed by atoms with Crippen LogP contribution in [0.1, 0.15) is 26.2 Å². The highest BCUT2D eigenvalue weighted by Crippen LogP contribution is 2.40. The van der Waals surface area contributed by atoms with Crippen molar-refractivity contribution in [2.75, 3.05) is 18.5 Å². The van der Waals surface area contributed by atoms with E-state index in [-0.39, 0.29) is 31.0 Å². The van der Waals surface area contributed by atoms with E-state index in [1.165, 1.54) is 12.1 Å². The van der Waals surface area contributed by atoms with Crippen LogP contribution in [0.2, 0.25) is 0 Å². The van der Waals surface area contributed by atoms with Gasteiger partial charge in [0.2, 0.25) is 11.5 Å². The van der Waals surface area contributed by atoms with Crippen molar-refractivity contribution in [3.05, 3.63) is 24.0 Å². The molecule has 1 spiro atoms. The summed E-state index contributed by atoms with van der Waals surface area (Å²) in [5.41, 5.74) is 4.12. The second-order valence-corrected chi connectivity index (χ2v) is 6.41. The van der Waals surface area contributed by atoms with Crippen molar-refractivity contribution >= 4 is 23.6 Å². The zero-order valence-corrected chi connectivity index (χ0v) is 14.3. The Kier molecular flexibility index (Phi) is 4.71. The number of hydrogen-bond donors (Lipinski definition) is 2. The molecule has 26 heavy (non-hydrogen) atoms. The highest BCUT2D eigenvalue weighted by atomic mass is 19.1. The molecule has 3 rings (SSSR count). The molecule has 2 aliphatic rings. The van der Waals surface area contributed by atoms with E-state index >= 15 is 0 Å². The first-order valence-corrected chi connectivity index (χ1v) is 8.39. The molecule has 9 heteroatoms. The number of carbonyl (C=O) groups excluding carboxylic acids is 3. The maximum Gasteiger partial charge on any atom is 0.410 e. The van der Waals surface area contributed by atoms with Crippen LogP contribution >= 0.6 is 0 Å². The first kappa shape index (κ1) is 18.0. The highest BCUT2D eigenvalue weighted by molar-refractivity contribution is 6.02. The number of anilines is 1. The summed E-state index contributed by atoms with van der Waals surface area (Å²) >= 11 is 0. The normalized spacial score (nSPS) is 24.0. The number of likely N-dealkylation sites (tertiary alicyclic amines) is 1. The predicted octanol–water partition coefficient (Wildman–Crippen LogP) is 1.39. The minimum Gasteiger partial charge on any atom is -0.473 e. The Labute approximate surface area is 149 Å². The Morgan fingerprint density at radius 2 is 2.27 bits per heavy atom. The number of benzene rings is 1. The Hall–Kier alpha value is -2.84. The molecule has 3 amide bonds. The van der Waals surface area contributed by atoms with Gasteiger partial charge in [-0.05, 0) is 18.6 Å². The summed E-state index contributed by atoms with van der Waals surface area (Å²) in [6, 6.07) is 2.68. The molecule has 0 aliphatic carbocycles. The SMILES string of the molecule is CCCCOC(=O)N1C[C@@]2(C[C@H]1C(N)=O)Oc1ccc(F)cc1NC2=O. The van der Waals surface area contributed by atoms with Gasteiger partial charge in [-0.3, -0.25) is 14.5 Å². The number of hydrogen-bond acceptors (Lipinski definition) is 5. The second-order valence-electron chi connectivity index (χ2n) is 6.41. The Balaban J connectivity index is 1.84. The van der Waals surface area contributed by atoms with Gasteiger partial charge in [-0.1, -0.05) is 13.3 Å². The molecule has 2 aliphatic heterocycles. The first-order chi connectivity index (χ1) is 12.4. The number of nitrogens with zero attached hydrogens (tertiary/aromatic N) is 1. The number of ether oxygens (including phenoxy) is 2. The number of rotatable bonds is 4. The van der Waals surface area contributed by atoms with Crippen LogP contribution in [-0.2, 0) is 14.3 Å². The van der Waals surface area contributed by atoms with Gasteiger partial charge in [0, 0.05) is 12.5 Å². The minimum atomic E-state index is -1.48. The predicted molar refractivity (Wildman–Crippen MR) is 89.0 cm³/mol. The van der Waals surface area contributed by atoms with E-state index in [9.17, 15) is 18.8 Å². The third-order valence-corrected chi connectivity index (χ3v) is 4.52. The lowest BCUT2D eigenvalue weighted by Crippen LogP contribution is -2.53. The van der Waals surface area contributed by atoms with E-state index in [1.54, 1.807) is 0 Å². The largest absolute Gasteiger partial charge is 0.473 e. The van der Waals surface area contributed by atoms with Crippen molar-refractivity contribution in [1.82, 2.24) is 4.90 Å². The summed E-state index contributed by atoms with van der Waals surface area (Å²) in [7, 11) is 0. The van der Waals surface area contributed by atoms with Crippen LogP contribution in [0.15, 0.2) is 18.2 Å². The summed E-state index contributed by atoms with van der Waals surface area (Å²) < 4.78 is 24.3. The summed E-state index contributed by atoms with van der Waals surface area (Å²) in [4.78, 5) is 37.8. The van der Waals surface area contributed by atoms with Crippen LogP contribution < -0.4 is 15.8 Å². The standard InChI is InChI=1S/C17H20FN3O5/c1-2-3-6-25-16(24)21-9-17(8-12(21)14(19)22)15(23)20-11-7-10(18)4-5-13(11)26-17/h4-5,7,12H,2-3,6,8-9H2,1H3,(H2,19,22)(H,20,23)/t12-,17+/m0/s1. The van der Waals surface area contributed by atoms with Crippen LogP contribution in [0, 0.1) is 5.82 Å². The number of halogens is 1. The van der Waals surface area contributed by atoms with Crippen molar-refractivity contribution < 1.29 is 28.2 Å². The molecule has 140 valence electrons. The lowest BCUT2D eigenvalue weighted by atomic mass is 9.96. The summed E-state index contributed by atoms with van der Waals surface area (Å²) in [5, 5.41) is 2.57. The zero-order valence-electron chi connectivity index (χ0n) is 14.3. The summed E-state index contributed by atoms with van der Waals surface area (Å²) in [6.07, 6.45) is 0.700. The van der Waals surface area contributed by atoms with Gasteiger partial charge in [-0.25, -0.2) is 9.18 Å². The molecule has 1 saturated heterocycles. The zero-order chi connectivity index (χ0) is 18.9. The van der Waals surface area contributed by atoms with Crippen molar-refractivity contribution in [3.63, 3.8) is 0 Å². The Bertz CT molecular complexity index is 756. The molecule has 1 fully saturated rings. The van der Waals surface area contributed by atoms with Crippen molar-refractivity contribution in [1.29, 1.82) is 0 Å². The monoisotopic (exact) mass is 365 g/mol. The fraction of sp³-hybridized carbons (Fsp3) is 0.471. The van der Waals surface area contributed by atoms with E-state index in [1.807, 2.05) is 6.92 Å². The van der Waals surface area contributed by atoms with Gasteiger partial charge in [0.25, 0.3) is 5.91 Å². The Morgan fingerprint density at radius 3 is 2.96 bits per heavy atom. The van der Waals surface area contributed by atoms with Crippen LogP contribution in [0.3, 0.4) is 0 Å². The molecular weight excluding hydrogens is 345 g/mol. The molecule has 2 heterocycles. The smallest absolute Gasteiger partial charge is 0.410 e. The molecule has 1 aromatic carbocycles. The van der Waals surface area contributed by atoms with E-state index in [0.717, 1.165) is 17.4 Å². The molecule has 0 aromatic heterocycles. The lowest BCUT2D eigenvalue weighted by Gasteiger charge is -2.34. The average molecular weight is 365 g/mol. The highest BCUT2D eigenvalue weighted by Gasteiger charge is 2.57. The third-order valence-electron chi connectivity index (χ3n) is 4.52. The minimum absolute atomic E-state index is 0.103. The molecule has 0 radical (unpaired) electrons. The molecule has 3 N–H and O–H groups in total. The number of unbranched alkanes of at least 4 members (excludes halogenated alkanes) is 1. The maximum atomic E-state index is 13.3. The lowest BCUT2D eigenvalue weighted by molar-refractivity contribution is -0.131. The van der Waals surface area contributed by atoms with E-state index < -0.39 is 35.4 Å². The number of nitrogens with one attached hydrogen (secondary N) is 1. The molecular formula is C17H20FN3O5. The Morgan fingerprint density at radius 1 is 1.50 bits per heavy atom. The van der Waals surface area contributed by atoms with Crippen molar-refractivity contribution in [3.8, 4) is 5.75 Å². The molecule has 2 atom stereocenters.